The molecule has 3 N–H and O–H groups in total. The Kier molecular flexibility index (Phi) is 8.96. The number of carbonyl (C=O) groups is 2. The van der Waals surface area contributed by atoms with Gasteiger partial charge in [0.15, 0.2) is 0 Å². The molecule has 0 radical (unpaired) electrons. The van der Waals surface area contributed by atoms with Crippen LogP contribution in [0.4, 0.5) is 4.79 Å². The molecule has 0 aliphatic rings. The summed E-state index contributed by atoms with van der Waals surface area (Å²) < 4.78 is 0. The van der Waals surface area contributed by atoms with Gasteiger partial charge in [-0.1, -0.05) is 12.8 Å². The number of carbonyl (C=O) groups excluding carboxylic acids is 1. The zero-order valence-corrected chi connectivity index (χ0v) is 12.8. The molecular weight excluding hydrogens is 260 g/mol. The number of unbranched alkanes of at least 4 members (excludes halogenated alkanes) is 3. The molecule has 0 aromatic rings. The van der Waals surface area contributed by atoms with E-state index in [-0.39, 0.29) is 12.5 Å². The predicted molar refractivity (Wildman–Crippen MR) is 77.7 cm³/mol. The molecule has 0 unspecified atom stereocenters. The van der Waals surface area contributed by atoms with Gasteiger partial charge in [-0.2, -0.15) is 0 Å². The first-order valence-electron chi connectivity index (χ1n) is 7.23. The summed E-state index contributed by atoms with van der Waals surface area (Å²) in [5, 5.41) is 21.0. The quantitative estimate of drug-likeness (QED) is 0.535. The van der Waals surface area contributed by atoms with Crippen LogP contribution in [-0.4, -0.2) is 52.3 Å². The third-order valence-corrected chi connectivity index (χ3v) is 2.84. The summed E-state index contributed by atoms with van der Waals surface area (Å²) in [4.78, 5) is 23.7. The van der Waals surface area contributed by atoms with Gasteiger partial charge >= 0.3 is 12.0 Å². The van der Waals surface area contributed by atoms with Crippen molar-refractivity contribution in [3.63, 3.8) is 0 Å². The molecule has 0 aliphatic carbocycles. The van der Waals surface area contributed by atoms with Crippen molar-refractivity contribution in [1.82, 2.24) is 10.2 Å². The summed E-state index contributed by atoms with van der Waals surface area (Å²) >= 11 is 0. The summed E-state index contributed by atoms with van der Waals surface area (Å²) in [5.74, 6) is -0.761. The minimum Gasteiger partial charge on any atom is -0.481 e. The van der Waals surface area contributed by atoms with Gasteiger partial charge in [-0.3, -0.25) is 4.79 Å². The van der Waals surface area contributed by atoms with Crippen LogP contribution in [0.15, 0.2) is 0 Å². The van der Waals surface area contributed by atoms with Crippen LogP contribution in [0.3, 0.4) is 0 Å². The average Bonchev–Trinajstić information content (AvgIpc) is 2.33. The van der Waals surface area contributed by atoms with E-state index < -0.39 is 11.6 Å². The Balaban J connectivity index is 3.73. The third kappa shape index (κ3) is 10.6. The van der Waals surface area contributed by atoms with Crippen LogP contribution in [-0.2, 0) is 4.79 Å². The molecule has 6 nitrogen and oxygen atoms in total. The molecule has 0 spiro atoms. The molecule has 0 aromatic carbocycles. The summed E-state index contributed by atoms with van der Waals surface area (Å²) in [6, 6.07) is -0.167. The normalized spacial score (nSPS) is 11.2. The standard InChI is InChI=1S/C14H28N2O4/c1-4-16(11-14(2,3)20)13(19)15-10-8-6-5-7-9-12(17)18/h20H,4-11H2,1-3H3,(H,15,19)(H,17,18). The Hall–Kier alpha value is -1.30. The maximum Gasteiger partial charge on any atom is 0.317 e. The van der Waals surface area contributed by atoms with Crippen molar-refractivity contribution in [3.05, 3.63) is 0 Å². The van der Waals surface area contributed by atoms with E-state index in [4.69, 9.17) is 5.11 Å². The van der Waals surface area contributed by atoms with Gasteiger partial charge in [0.25, 0.3) is 0 Å². The van der Waals surface area contributed by atoms with Crippen LogP contribution in [0.1, 0.15) is 52.9 Å². The molecule has 20 heavy (non-hydrogen) atoms. The number of nitrogens with zero attached hydrogens (tertiary/aromatic N) is 1. The monoisotopic (exact) mass is 288 g/mol. The maximum absolute atomic E-state index is 11.9. The number of nitrogens with one attached hydrogen (secondary N) is 1. The number of urea groups is 1. The summed E-state index contributed by atoms with van der Waals surface area (Å²) in [6.07, 6.45) is 3.50. The van der Waals surface area contributed by atoms with Crippen LogP contribution >= 0.6 is 0 Å². The van der Waals surface area contributed by atoms with E-state index in [0.29, 0.717) is 26.1 Å². The molecule has 2 amide bonds. The minimum absolute atomic E-state index is 0.167. The smallest absolute Gasteiger partial charge is 0.317 e. The second-order valence-electron chi connectivity index (χ2n) is 5.62. The summed E-state index contributed by atoms with van der Waals surface area (Å²) in [6.45, 7) is 6.64. The van der Waals surface area contributed by atoms with Crippen LogP contribution in [0.5, 0.6) is 0 Å². The molecule has 0 bridgehead atoms. The molecule has 0 heterocycles. The topological polar surface area (TPSA) is 89.9 Å². The van der Waals surface area contributed by atoms with Crippen molar-refractivity contribution in [1.29, 1.82) is 0 Å². The van der Waals surface area contributed by atoms with E-state index in [1.54, 1.807) is 18.7 Å². The fourth-order valence-corrected chi connectivity index (χ4v) is 1.86. The number of hydrogen-bond acceptors (Lipinski definition) is 3. The lowest BCUT2D eigenvalue weighted by Crippen LogP contribution is -2.46. The highest BCUT2D eigenvalue weighted by Gasteiger charge is 2.20. The second kappa shape index (κ2) is 9.58. The number of carboxylic acids is 1. The second-order valence-corrected chi connectivity index (χ2v) is 5.62. The lowest BCUT2D eigenvalue weighted by atomic mass is 10.1. The largest absolute Gasteiger partial charge is 0.481 e. The van der Waals surface area contributed by atoms with Crippen molar-refractivity contribution < 1.29 is 19.8 Å². The van der Waals surface area contributed by atoms with E-state index in [0.717, 1.165) is 19.3 Å². The van der Waals surface area contributed by atoms with Crippen molar-refractivity contribution in [3.8, 4) is 0 Å². The first-order chi connectivity index (χ1) is 9.26. The first-order valence-corrected chi connectivity index (χ1v) is 7.23. The molecule has 0 fully saturated rings. The van der Waals surface area contributed by atoms with Gasteiger partial charge in [-0.15, -0.1) is 0 Å². The Bertz CT molecular complexity index is 300. The molecular formula is C14H28N2O4. The Labute approximate surface area is 121 Å². The number of aliphatic hydroxyl groups is 1. The van der Waals surface area contributed by atoms with Gasteiger partial charge < -0.3 is 20.4 Å². The van der Waals surface area contributed by atoms with Crippen LogP contribution in [0.2, 0.25) is 0 Å². The maximum atomic E-state index is 11.9. The van der Waals surface area contributed by atoms with E-state index in [1.807, 2.05) is 6.92 Å². The fraction of sp³-hybridized carbons (Fsp3) is 0.857. The Morgan fingerprint density at radius 1 is 1.15 bits per heavy atom. The first kappa shape index (κ1) is 18.7. The molecule has 0 aromatic heterocycles. The molecule has 118 valence electrons. The number of hydrogen-bond donors (Lipinski definition) is 3. The number of aliphatic carboxylic acids is 1. The van der Waals surface area contributed by atoms with Crippen LogP contribution in [0.25, 0.3) is 0 Å². The SMILES string of the molecule is CCN(CC(C)(C)O)C(=O)NCCCCCCC(=O)O. The highest BCUT2D eigenvalue weighted by Crippen LogP contribution is 2.05. The highest BCUT2D eigenvalue weighted by atomic mass is 16.4. The van der Waals surface area contributed by atoms with E-state index in [1.165, 1.54) is 0 Å². The summed E-state index contributed by atoms with van der Waals surface area (Å²) in [7, 11) is 0. The van der Waals surface area contributed by atoms with Crippen molar-refractivity contribution in [2.45, 2.75) is 58.5 Å². The van der Waals surface area contributed by atoms with Crippen molar-refractivity contribution in [2.24, 2.45) is 0 Å². The highest BCUT2D eigenvalue weighted by molar-refractivity contribution is 5.74. The fourth-order valence-electron chi connectivity index (χ4n) is 1.86. The number of carboxylic acid groups (broad SMARTS) is 1. The molecule has 6 heteroatoms. The van der Waals surface area contributed by atoms with Crippen molar-refractivity contribution in [2.75, 3.05) is 19.6 Å². The number of amides is 2. The minimum atomic E-state index is -0.899. The van der Waals surface area contributed by atoms with E-state index in [2.05, 4.69) is 5.32 Å². The van der Waals surface area contributed by atoms with Gasteiger partial charge in [-0.25, -0.2) is 4.79 Å². The van der Waals surface area contributed by atoms with Crippen LogP contribution in [0, 0.1) is 0 Å². The molecule has 0 saturated carbocycles. The van der Waals surface area contributed by atoms with Gasteiger partial charge in [0.1, 0.15) is 0 Å². The average molecular weight is 288 g/mol. The molecule has 0 atom stereocenters. The van der Waals surface area contributed by atoms with Crippen LogP contribution < -0.4 is 5.32 Å². The van der Waals surface area contributed by atoms with E-state index in [9.17, 15) is 14.7 Å². The lowest BCUT2D eigenvalue weighted by Gasteiger charge is -2.28. The third-order valence-electron chi connectivity index (χ3n) is 2.84. The van der Waals surface area contributed by atoms with Crippen molar-refractivity contribution >= 4 is 12.0 Å². The van der Waals surface area contributed by atoms with E-state index >= 15 is 0 Å². The van der Waals surface area contributed by atoms with Gasteiger partial charge in [-0.05, 0) is 33.6 Å². The molecule has 0 aliphatic heterocycles. The molecule has 0 rings (SSSR count). The number of rotatable bonds is 10. The Morgan fingerprint density at radius 3 is 2.25 bits per heavy atom. The number of likely N-dealkylation sites (N-methyl/N-ethyl adjacent to an activating group) is 1. The molecule has 0 saturated heterocycles. The Morgan fingerprint density at radius 2 is 1.75 bits per heavy atom. The van der Waals surface area contributed by atoms with Gasteiger partial charge in [0, 0.05) is 19.5 Å². The zero-order chi connectivity index (χ0) is 15.6. The van der Waals surface area contributed by atoms with Gasteiger partial charge in [0.05, 0.1) is 12.1 Å². The summed E-state index contributed by atoms with van der Waals surface area (Å²) in [5.41, 5.74) is -0.899. The lowest BCUT2D eigenvalue weighted by molar-refractivity contribution is -0.137. The predicted octanol–water partition coefficient (Wildman–Crippen LogP) is 1.82. The zero-order valence-electron chi connectivity index (χ0n) is 12.8. The van der Waals surface area contributed by atoms with Gasteiger partial charge in [0.2, 0.25) is 0 Å².